The molecule has 0 fully saturated rings. The molecule has 0 aliphatic rings. The molecule has 1 atom stereocenters. The zero-order valence-electron chi connectivity index (χ0n) is 12.0. The summed E-state index contributed by atoms with van der Waals surface area (Å²) in [6, 6.07) is 4.24. The summed E-state index contributed by atoms with van der Waals surface area (Å²) < 4.78 is 0. The lowest BCUT2D eigenvalue weighted by molar-refractivity contribution is -0.117. The fraction of sp³-hybridized carbons (Fsp3) is 0.429. The third kappa shape index (κ3) is 8.91. The number of nitrogens with one attached hydrogen (secondary N) is 1. The van der Waals surface area contributed by atoms with Crippen molar-refractivity contribution < 1.29 is 9.59 Å². The highest BCUT2D eigenvalue weighted by atomic mass is 35.5. The molecule has 0 saturated heterocycles. The monoisotopic (exact) mass is 318 g/mol. The van der Waals surface area contributed by atoms with Crippen molar-refractivity contribution >= 4 is 41.1 Å². The average Bonchev–Trinajstić information content (AvgIpc) is 2.27. The van der Waals surface area contributed by atoms with Gasteiger partial charge in [0.1, 0.15) is 6.29 Å². The fourth-order valence-electron chi connectivity index (χ4n) is 0.882. The quantitative estimate of drug-likeness (QED) is 0.819. The molecule has 0 saturated carbocycles. The van der Waals surface area contributed by atoms with E-state index in [4.69, 9.17) is 28.9 Å². The maximum Gasteiger partial charge on any atom is 0.241 e. The largest absolute Gasteiger partial charge is 0.325 e. The molecule has 0 aliphatic carbocycles. The number of aldehydes is 1. The summed E-state index contributed by atoms with van der Waals surface area (Å²) in [5.74, 6) is -0.275. The predicted octanol–water partition coefficient (Wildman–Crippen LogP) is 3.51. The minimum absolute atomic E-state index is 0.139. The Morgan fingerprint density at radius 3 is 1.95 bits per heavy atom. The van der Waals surface area contributed by atoms with Crippen LogP contribution in [0.2, 0.25) is 10.0 Å². The van der Waals surface area contributed by atoms with E-state index in [1.165, 1.54) is 0 Å². The minimum Gasteiger partial charge on any atom is -0.325 e. The maximum absolute atomic E-state index is 11.2. The van der Waals surface area contributed by atoms with E-state index in [2.05, 4.69) is 5.32 Å². The van der Waals surface area contributed by atoms with Gasteiger partial charge in [0, 0.05) is 21.1 Å². The van der Waals surface area contributed by atoms with E-state index < -0.39 is 6.04 Å². The van der Waals surface area contributed by atoms with Gasteiger partial charge in [-0.2, -0.15) is 0 Å². The molecular formula is C14H20Cl2N2O2. The van der Waals surface area contributed by atoms with Crippen molar-refractivity contribution in [2.45, 2.75) is 33.7 Å². The van der Waals surface area contributed by atoms with E-state index in [0.717, 1.165) is 6.29 Å². The number of anilines is 1. The normalized spacial score (nSPS) is 11.9. The second kappa shape index (κ2) is 8.25. The molecule has 6 heteroatoms. The van der Waals surface area contributed by atoms with Crippen LogP contribution in [0.15, 0.2) is 18.2 Å². The Morgan fingerprint density at radius 1 is 1.25 bits per heavy atom. The predicted molar refractivity (Wildman–Crippen MR) is 84.3 cm³/mol. The molecule has 0 heterocycles. The van der Waals surface area contributed by atoms with Gasteiger partial charge in [-0.05, 0) is 25.1 Å². The number of hydrogen-bond acceptors (Lipinski definition) is 3. The molecule has 0 aromatic heterocycles. The molecule has 0 bridgehead atoms. The van der Waals surface area contributed by atoms with Crippen LogP contribution in [0.5, 0.6) is 0 Å². The highest BCUT2D eigenvalue weighted by molar-refractivity contribution is 6.35. The summed E-state index contributed by atoms with van der Waals surface area (Å²) in [6.07, 6.45) is 0.938. The molecule has 0 unspecified atom stereocenters. The van der Waals surface area contributed by atoms with E-state index in [1.54, 1.807) is 25.1 Å². The van der Waals surface area contributed by atoms with Gasteiger partial charge in [0.2, 0.25) is 5.91 Å². The number of benzene rings is 1. The van der Waals surface area contributed by atoms with E-state index in [9.17, 15) is 9.59 Å². The molecule has 20 heavy (non-hydrogen) atoms. The average molecular weight is 319 g/mol. The topological polar surface area (TPSA) is 72.2 Å². The van der Waals surface area contributed by atoms with Gasteiger partial charge in [0.05, 0.1) is 6.04 Å². The van der Waals surface area contributed by atoms with Crippen LogP contribution in [0, 0.1) is 5.41 Å². The van der Waals surface area contributed by atoms with Crippen molar-refractivity contribution in [3.8, 4) is 0 Å². The van der Waals surface area contributed by atoms with Gasteiger partial charge in [-0.25, -0.2) is 0 Å². The molecule has 1 aromatic carbocycles. The number of carbonyl (C=O) groups excluding carboxylic acids is 2. The molecule has 0 radical (unpaired) electrons. The van der Waals surface area contributed by atoms with Crippen molar-refractivity contribution in [2.24, 2.45) is 11.1 Å². The molecule has 0 spiro atoms. The summed E-state index contributed by atoms with van der Waals surface area (Å²) >= 11 is 11.5. The lowest BCUT2D eigenvalue weighted by Crippen LogP contribution is -2.32. The Hall–Kier alpha value is -1.10. The maximum atomic E-state index is 11.2. The minimum atomic E-state index is -0.562. The van der Waals surface area contributed by atoms with E-state index >= 15 is 0 Å². The number of carbonyl (C=O) groups is 2. The van der Waals surface area contributed by atoms with Crippen LogP contribution >= 0.6 is 23.2 Å². The smallest absolute Gasteiger partial charge is 0.241 e. The first-order valence-electron chi connectivity index (χ1n) is 6.04. The van der Waals surface area contributed by atoms with E-state index in [1.807, 2.05) is 20.8 Å². The zero-order valence-corrected chi connectivity index (χ0v) is 13.5. The number of halogens is 2. The standard InChI is InChI=1S/C9H10Cl2N2O.C5H10O/c1-5(12)9(14)13-8-3-6(10)2-7(11)4-8;1-5(2,3)4-6/h2-5H,12H2,1H3,(H,13,14);4H,1-3H3/t5-;/m1./s1. The first kappa shape index (κ1) is 18.9. The first-order chi connectivity index (χ1) is 9.05. The van der Waals surface area contributed by atoms with Crippen molar-refractivity contribution in [2.75, 3.05) is 5.32 Å². The van der Waals surface area contributed by atoms with Crippen LogP contribution in [0.3, 0.4) is 0 Å². The second-order valence-electron chi connectivity index (χ2n) is 5.42. The number of amides is 1. The zero-order chi connectivity index (χ0) is 15.9. The van der Waals surface area contributed by atoms with Gasteiger partial charge < -0.3 is 15.8 Å². The van der Waals surface area contributed by atoms with Crippen LogP contribution in [-0.2, 0) is 9.59 Å². The number of rotatable bonds is 2. The van der Waals surface area contributed by atoms with Gasteiger partial charge in [-0.15, -0.1) is 0 Å². The molecule has 112 valence electrons. The summed E-state index contributed by atoms with van der Waals surface area (Å²) in [4.78, 5) is 21.0. The van der Waals surface area contributed by atoms with Crippen LogP contribution in [0.4, 0.5) is 5.69 Å². The molecule has 1 aromatic rings. The Labute approximate surface area is 129 Å². The second-order valence-corrected chi connectivity index (χ2v) is 6.29. The van der Waals surface area contributed by atoms with Crippen LogP contribution in [0.25, 0.3) is 0 Å². The molecule has 4 nitrogen and oxygen atoms in total. The van der Waals surface area contributed by atoms with Crippen molar-refractivity contribution in [1.82, 2.24) is 0 Å². The Bertz CT molecular complexity index is 448. The van der Waals surface area contributed by atoms with Crippen molar-refractivity contribution in [3.05, 3.63) is 28.2 Å². The molecular weight excluding hydrogens is 299 g/mol. The Morgan fingerprint density at radius 2 is 1.65 bits per heavy atom. The summed E-state index contributed by atoms with van der Waals surface area (Å²) in [6.45, 7) is 7.22. The lowest BCUT2D eigenvalue weighted by atomic mass is 10.0. The van der Waals surface area contributed by atoms with Crippen molar-refractivity contribution in [3.63, 3.8) is 0 Å². The lowest BCUT2D eigenvalue weighted by Gasteiger charge is -2.08. The summed E-state index contributed by atoms with van der Waals surface area (Å²) in [5, 5.41) is 3.53. The van der Waals surface area contributed by atoms with Crippen LogP contribution < -0.4 is 11.1 Å². The van der Waals surface area contributed by atoms with Gasteiger partial charge in [-0.1, -0.05) is 44.0 Å². The summed E-state index contributed by atoms with van der Waals surface area (Å²) in [7, 11) is 0. The highest BCUT2D eigenvalue weighted by Crippen LogP contribution is 2.22. The van der Waals surface area contributed by atoms with Crippen molar-refractivity contribution in [1.29, 1.82) is 0 Å². The van der Waals surface area contributed by atoms with Crippen LogP contribution in [-0.4, -0.2) is 18.2 Å². The first-order valence-corrected chi connectivity index (χ1v) is 6.79. The Balaban J connectivity index is 0.000000511. The van der Waals surface area contributed by atoms with Gasteiger partial charge in [0.25, 0.3) is 0 Å². The number of hydrogen-bond donors (Lipinski definition) is 2. The van der Waals surface area contributed by atoms with Gasteiger partial charge in [0.15, 0.2) is 0 Å². The molecule has 1 amide bonds. The fourth-order valence-corrected chi connectivity index (χ4v) is 1.41. The molecule has 0 aliphatic heterocycles. The molecule has 1 rings (SSSR count). The third-order valence-corrected chi connectivity index (χ3v) is 2.33. The Kier molecular flexibility index (Phi) is 7.79. The van der Waals surface area contributed by atoms with Gasteiger partial charge in [-0.3, -0.25) is 4.79 Å². The summed E-state index contributed by atoms with van der Waals surface area (Å²) in [5.41, 5.74) is 5.79. The molecule has 3 N–H and O–H groups in total. The highest BCUT2D eigenvalue weighted by Gasteiger charge is 2.08. The van der Waals surface area contributed by atoms with Crippen LogP contribution in [0.1, 0.15) is 27.7 Å². The number of nitrogens with two attached hydrogens (primary N) is 1. The SMILES string of the molecule is CC(C)(C)C=O.C[C@@H](N)C(=O)Nc1cc(Cl)cc(Cl)c1. The van der Waals surface area contributed by atoms with Gasteiger partial charge >= 0.3 is 0 Å². The van der Waals surface area contributed by atoms with E-state index in [-0.39, 0.29) is 11.3 Å². The third-order valence-electron chi connectivity index (χ3n) is 1.90. The van der Waals surface area contributed by atoms with E-state index in [0.29, 0.717) is 15.7 Å².